The molecule has 0 unspecified atom stereocenters. The molecule has 0 radical (unpaired) electrons. The van der Waals surface area contributed by atoms with Crippen molar-refractivity contribution in [3.63, 3.8) is 0 Å². The van der Waals surface area contributed by atoms with Crippen molar-refractivity contribution < 1.29 is 0 Å². The van der Waals surface area contributed by atoms with Crippen molar-refractivity contribution in [2.75, 3.05) is 13.1 Å². The van der Waals surface area contributed by atoms with Crippen molar-refractivity contribution in [2.24, 2.45) is 11.7 Å². The summed E-state index contributed by atoms with van der Waals surface area (Å²) < 4.78 is 4.82. The number of nitrogens with zero attached hydrogens (tertiary/aromatic N) is 2. The standard InChI is InChI=1S/C23H25ClN4S/c24-21-2-4-22(5-3-21)29-28-11-7-17(8-12-28)16-27-10-9-19-13-18(1-6-23(19)27)20(14-25)15-26/h1-6,9-10,13-15,17,25H,7-8,11-12,16,26H2/b20-15+,25-14?. The van der Waals surface area contributed by atoms with E-state index < -0.39 is 0 Å². The molecule has 3 N–H and O–H groups in total. The van der Waals surface area contributed by atoms with E-state index in [4.69, 9.17) is 22.7 Å². The molecule has 1 aliphatic heterocycles. The lowest BCUT2D eigenvalue weighted by molar-refractivity contribution is 0.269. The largest absolute Gasteiger partial charge is 0.404 e. The second-order valence-electron chi connectivity index (χ2n) is 7.43. The molecule has 1 saturated heterocycles. The third-order valence-corrected chi connectivity index (χ3v) is 6.87. The highest BCUT2D eigenvalue weighted by atomic mass is 35.5. The van der Waals surface area contributed by atoms with Crippen LogP contribution in [0.2, 0.25) is 5.02 Å². The second-order valence-corrected chi connectivity index (χ2v) is 9.03. The lowest BCUT2D eigenvalue weighted by Crippen LogP contribution is -2.30. The number of nitrogens with one attached hydrogen (secondary N) is 1. The van der Waals surface area contributed by atoms with Crippen LogP contribution < -0.4 is 5.73 Å². The number of allylic oxidation sites excluding steroid dienone is 1. The molecule has 150 valence electrons. The van der Waals surface area contributed by atoms with E-state index in [-0.39, 0.29) is 0 Å². The average molecular weight is 425 g/mol. The zero-order valence-corrected chi connectivity index (χ0v) is 17.8. The number of rotatable bonds is 6. The summed E-state index contributed by atoms with van der Waals surface area (Å²) >= 11 is 7.81. The molecule has 29 heavy (non-hydrogen) atoms. The Morgan fingerprint density at radius 2 is 1.90 bits per heavy atom. The molecule has 0 amide bonds. The number of halogens is 1. The minimum Gasteiger partial charge on any atom is -0.404 e. The van der Waals surface area contributed by atoms with E-state index in [1.54, 1.807) is 0 Å². The van der Waals surface area contributed by atoms with Gasteiger partial charge in [-0.3, -0.25) is 0 Å². The molecular weight excluding hydrogens is 400 g/mol. The quantitative estimate of drug-likeness (QED) is 0.396. The van der Waals surface area contributed by atoms with Crippen molar-refractivity contribution in [3.05, 3.63) is 71.5 Å². The van der Waals surface area contributed by atoms with Crippen LogP contribution in [0.3, 0.4) is 0 Å². The van der Waals surface area contributed by atoms with Crippen LogP contribution in [0.1, 0.15) is 18.4 Å². The molecule has 6 heteroatoms. The van der Waals surface area contributed by atoms with Crippen LogP contribution in [0, 0.1) is 11.3 Å². The Hall–Kier alpha value is -2.21. The van der Waals surface area contributed by atoms with Crippen LogP contribution in [0.25, 0.3) is 16.5 Å². The van der Waals surface area contributed by atoms with Gasteiger partial charge in [-0.15, -0.1) is 0 Å². The highest BCUT2D eigenvalue weighted by Gasteiger charge is 2.21. The summed E-state index contributed by atoms with van der Waals surface area (Å²) in [7, 11) is 0. The minimum absolute atomic E-state index is 0.688. The number of hydrogen-bond donors (Lipinski definition) is 2. The summed E-state index contributed by atoms with van der Waals surface area (Å²) in [6, 6.07) is 16.5. The Morgan fingerprint density at radius 1 is 1.14 bits per heavy atom. The predicted octanol–water partition coefficient (Wildman–Crippen LogP) is 5.66. The lowest BCUT2D eigenvalue weighted by atomic mass is 9.98. The van der Waals surface area contributed by atoms with Crippen LogP contribution in [-0.2, 0) is 6.54 Å². The second kappa shape index (κ2) is 9.08. The summed E-state index contributed by atoms with van der Waals surface area (Å²) in [5, 5.41) is 9.47. The molecule has 2 heterocycles. The van der Waals surface area contributed by atoms with E-state index in [0.717, 1.165) is 35.8 Å². The molecule has 0 spiro atoms. The van der Waals surface area contributed by atoms with Crippen molar-refractivity contribution in [3.8, 4) is 0 Å². The fourth-order valence-electron chi connectivity index (χ4n) is 3.87. The van der Waals surface area contributed by atoms with Crippen molar-refractivity contribution in [1.29, 1.82) is 5.41 Å². The first kappa shape index (κ1) is 20.1. The molecule has 4 nitrogen and oxygen atoms in total. The van der Waals surface area contributed by atoms with Gasteiger partial charge in [0.15, 0.2) is 0 Å². The molecule has 1 fully saturated rings. The number of benzene rings is 2. The molecule has 3 aromatic rings. The number of hydrogen-bond acceptors (Lipinski definition) is 4. The van der Waals surface area contributed by atoms with E-state index in [9.17, 15) is 0 Å². The van der Waals surface area contributed by atoms with Gasteiger partial charge in [0, 0.05) is 64.6 Å². The van der Waals surface area contributed by atoms with Gasteiger partial charge in [0.25, 0.3) is 0 Å². The first-order valence-corrected chi connectivity index (χ1v) is 11.0. The van der Waals surface area contributed by atoms with Gasteiger partial charge in [-0.05, 0) is 78.7 Å². The maximum absolute atomic E-state index is 7.49. The Labute approximate surface area is 181 Å². The van der Waals surface area contributed by atoms with Crippen LogP contribution in [0.15, 0.2) is 65.8 Å². The zero-order chi connectivity index (χ0) is 20.2. The summed E-state index contributed by atoms with van der Waals surface area (Å²) in [5.74, 6) is 0.688. The van der Waals surface area contributed by atoms with Crippen LogP contribution in [0.4, 0.5) is 0 Å². The topological polar surface area (TPSA) is 58.0 Å². The number of piperidine rings is 1. The summed E-state index contributed by atoms with van der Waals surface area (Å²) in [5.41, 5.74) is 8.60. The smallest absolute Gasteiger partial charge is 0.0480 e. The molecule has 2 aromatic carbocycles. The number of nitrogens with two attached hydrogens (primary N) is 1. The minimum atomic E-state index is 0.688. The van der Waals surface area contributed by atoms with Gasteiger partial charge in [0.2, 0.25) is 0 Å². The highest BCUT2D eigenvalue weighted by Crippen LogP contribution is 2.30. The van der Waals surface area contributed by atoms with Gasteiger partial charge in [0.05, 0.1) is 0 Å². The maximum Gasteiger partial charge on any atom is 0.0480 e. The van der Waals surface area contributed by atoms with E-state index in [0.29, 0.717) is 5.92 Å². The normalized spacial score (nSPS) is 16.4. The summed E-state index contributed by atoms with van der Waals surface area (Å²) in [6.07, 6.45) is 7.37. The average Bonchev–Trinajstić information content (AvgIpc) is 3.14. The van der Waals surface area contributed by atoms with Crippen LogP contribution in [0.5, 0.6) is 0 Å². The zero-order valence-electron chi connectivity index (χ0n) is 16.2. The van der Waals surface area contributed by atoms with Crippen molar-refractivity contribution >= 4 is 46.2 Å². The molecule has 0 atom stereocenters. The molecule has 0 aliphatic carbocycles. The SMILES string of the molecule is N=C/C(=C\N)c1ccc2c(ccn2CC2CCN(Sc3ccc(Cl)cc3)CC2)c1. The van der Waals surface area contributed by atoms with Gasteiger partial charge in [-0.2, -0.15) is 0 Å². The van der Waals surface area contributed by atoms with Crippen molar-refractivity contribution in [1.82, 2.24) is 8.87 Å². The first-order chi connectivity index (χ1) is 14.2. The lowest BCUT2D eigenvalue weighted by Gasteiger charge is -2.31. The number of aromatic nitrogens is 1. The summed E-state index contributed by atoms with van der Waals surface area (Å²) in [6.45, 7) is 3.25. The molecule has 4 rings (SSSR count). The van der Waals surface area contributed by atoms with Gasteiger partial charge >= 0.3 is 0 Å². The Balaban J connectivity index is 1.37. The maximum atomic E-state index is 7.49. The predicted molar refractivity (Wildman–Crippen MR) is 124 cm³/mol. The first-order valence-electron chi connectivity index (χ1n) is 9.86. The Kier molecular flexibility index (Phi) is 6.28. The van der Waals surface area contributed by atoms with Crippen LogP contribution >= 0.6 is 23.5 Å². The van der Waals surface area contributed by atoms with Gasteiger partial charge in [0.1, 0.15) is 0 Å². The van der Waals surface area contributed by atoms with E-state index in [1.807, 2.05) is 30.1 Å². The van der Waals surface area contributed by atoms with E-state index in [1.165, 1.54) is 41.1 Å². The fourth-order valence-corrected chi connectivity index (χ4v) is 4.95. The van der Waals surface area contributed by atoms with Gasteiger partial charge in [-0.25, -0.2) is 4.31 Å². The molecule has 1 aromatic heterocycles. The van der Waals surface area contributed by atoms with Crippen molar-refractivity contribution in [2.45, 2.75) is 24.3 Å². The van der Waals surface area contributed by atoms with Gasteiger partial charge in [-0.1, -0.05) is 17.7 Å². The molecule has 0 saturated carbocycles. The third-order valence-electron chi connectivity index (χ3n) is 5.52. The van der Waals surface area contributed by atoms with Crippen LogP contribution in [-0.4, -0.2) is 28.2 Å². The fraction of sp³-hybridized carbons (Fsp3) is 0.261. The monoisotopic (exact) mass is 424 g/mol. The van der Waals surface area contributed by atoms with E-state index in [2.05, 4.69) is 45.4 Å². The van der Waals surface area contributed by atoms with E-state index >= 15 is 0 Å². The summed E-state index contributed by atoms with van der Waals surface area (Å²) in [4.78, 5) is 1.25. The molecule has 1 aliphatic rings. The van der Waals surface area contributed by atoms with Gasteiger partial charge < -0.3 is 15.7 Å². The molecule has 0 bridgehead atoms. The Bertz CT molecular complexity index is 1020. The number of fused-ring (bicyclic) bond motifs is 1. The Morgan fingerprint density at radius 3 is 2.59 bits per heavy atom. The third kappa shape index (κ3) is 4.69. The molecular formula is C23H25ClN4S. The highest BCUT2D eigenvalue weighted by molar-refractivity contribution is 7.97.